The van der Waals surface area contributed by atoms with Gasteiger partial charge in [-0.2, -0.15) is 0 Å². The van der Waals surface area contributed by atoms with Crippen LogP contribution < -0.4 is 5.73 Å². The van der Waals surface area contributed by atoms with Crippen LogP contribution in [0.1, 0.15) is 11.1 Å². The van der Waals surface area contributed by atoms with E-state index in [1.165, 1.54) is 5.56 Å². The second-order valence-electron chi connectivity index (χ2n) is 4.09. The molecule has 2 aromatic rings. The van der Waals surface area contributed by atoms with Gasteiger partial charge in [-0.05, 0) is 24.1 Å². The molecule has 2 aromatic carbocycles. The minimum Gasteiger partial charge on any atom is -0.398 e. The maximum atomic E-state index is 5.85. The Labute approximate surface area is 116 Å². The van der Waals surface area contributed by atoms with Crippen molar-refractivity contribution in [2.75, 3.05) is 12.3 Å². The summed E-state index contributed by atoms with van der Waals surface area (Å²) in [6.07, 6.45) is 0.897. The van der Waals surface area contributed by atoms with Gasteiger partial charge in [0.05, 0.1) is 13.2 Å². The van der Waals surface area contributed by atoms with Crippen LogP contribution >= 0.6 is 15.9 Å². The van der Waals surface area contributed by atoms with Gasteiger partial charge in [0.1, 0.15) is 0 Å². The van der Waals surface area contributed by atoms with E-state index in [2.05, 4.69) is 22.0 Å². The summed E-state index contributed by atoms with van der Waals surface area (Å²) in [5.41, 5.74) is 8.95. The van der Waals surface area contributed by atoms with Crippen molar-refractivity contribution in [2.45, 2.75) is 13.0 Å². The first kappa shape index (κ1) is 13.1. The van der Waals surface area contributed by atoms with E-state index in [1.807, 2.05) is 42.5 Å². The molecule has 2 nitrogen and oxygen atoms in total. The fourth-order valence-corrected chi connectivity index (χ4v) is 2.21. The molecule has 2 rings (SSSR count). The Morgan fingerprint density at radius 1 is 0.944 bits per heavy atom. The van der Waals surface area contributed by atoms with Gasteiger partial charge in [0.15, 0.2) is 0 Å². The second kappa shape index (κ2) is 6.57. The van der Waals surface area contributed by atoms with Gasteiger partial charge in [0.2, 0.25) is 0 Å². The van der Waals surface area contributed by atoms with Crippen molar-refractivity contribution in [2.24, 2.45) is 0 Å². The number of nitrogen functional groups attached to an aromatic ring is 1. The molecule has 0 aromatic heterocycles. The van der Waals surface area contributed by atoms with Gasteiger partial charge < -0.3 is 10.5 Å². The molecule has 0 heterocycles. The number of hydrogen-bond donors (Lipinski definition) is 1. The number of hydrogen-bond acceptors (Lipinski definition) is 2. The van der Waals surface area contributed by atoms with Crippen molar-refractivity contribution in [3.05, 3.63) is 64.1 Å². The van der Waals surface area contributed by atoms with Crippen LogP contribution in [0.5, 0.6) is 0 Å². The minimum atomic E-state index is 0.567. The summed E-state index contributed by atoms with van der Waals surface area (Å²) in [6, 6.07) is 16.0. The number of benzene rings is 2. The molecule has 3 heteroatoms. The molecule has 0 aliphatic carbocycles. The number of nitrogens with two attached hydrogens (primary N) is 1. The van der Waals surface area contributed by atoms with Crippen molar-refractivity contribution in [1.29, 1.82) is 0 Å². The Morgan fingerprint density at radius 2 is 1.61 bits per heavy atom. The second-order valence-corrected chi connectivity index (χ2v) is 4.95. The zero-order valence-electron chi connectivity index (χ0n) is 10.1. The lowest BCUT2D eigenvalue weighted by Gasteiger charge is -2.07. The fourth-order valence-electron chi connectivity index (χ4n) is 1.73. The quantitative estimate of drug-likeness (QED) is 0.674. The van der Waals surface area contributed by atoms with Crippen molar-refractivity contribution in [1.82, 2.24) is 0 Å². The van der Waals surface area contributed by atoms with E-state index in [4.69, 9.17) is 10.5 Å². The van der Waals surface area contributed by atoms with E-state index >= 15 is 0 Å². The van der Waals surface area contributed by atoms with Crippen LogP contribution in [0, 0.1) is 0 Å². The highest BCUT2D eigenvalue weighted by Crippen LogP contribution is 2.17. The Balaban J connectivity index is 1.80. The number of halogens is 1. The average molecular weight is 306 g/mol. The predicted molar refractivity (Wildman–Crippen MR) is 78.4 cm³/mol. The third-order valence-corrected chi connectivity index (χ3v) is 3.56. The first-order valence-electron chi connectivity index (χ1n) is 5.92. The molecule has 0 bridgehead atoms. The van der Waals surface area contributed by atoms with Crippen molar-refractivity contribution < 1.29 is 4.74 Å². The number of rotatable bonds is 5. The van der Waals surface area contributed by atoms with Gasteiger partial charge in [0, 0.05) is 15.7 Å². The van der Waals surface area contributed by atoms with Crippen LogP contribution in [0.15, 0.2) is 53.0 Å². The van der Waals surface area contributed by atoms with E-state index in [1.54, 1.807) is 0 Å². The Bertz CT molecular complexity index is 466. The first-order chi connectivity index (χ1) is 8.77. The van der Waals surface area contributed by atoms with Crippen molar-refractivity contribution >= 4 is 21.6 Å². The summed E-state index contributed by atoms with van der Waals surface area (Å²) < 4.78 is 6.79. The highest BCUT2D eigenvalue weighted by Gasteiger charge is 2.00. The molecule has 0 aliphatic rings. The van der Waals surface area contributed by atoms with Crippen molar-refractivity contribution in [3.63, 3.8) is 0 Å². The van der Waals surface area contributed by atoms with E-state index in [0.717, 1.165) is 22.1 Å². The average Bonchev–Trinajstić information content (AvgIpc) is 2.38. The van der Waals surface area contributed by atoms with E-state index in [-0.39, 0.29) is 0 Å². The summed E-state index contributed by atoms with van der Waals surface area (Å²) >= 11 is 3.53. The monoisotopic (exact) mass is 305 g/mol. The van der Waals surface area contributed by atoms with Gasteiger partial charge in [-0.1, -0.05) is 52.3 Å². The Kier molecular flexibility index (Phi) is 4.79. The molecule has 0 radical (unpaired) electrons. The maximum Gasteiger partial charge on any atom is 0.0737 e. The maximum absolute atomic E-state index is 5.85. The van der Waals surface area contributed by atoms with Crippen LogP contribution in [0.4, 0.5) is 5.69 Å². The summed E-state index contributed by atoms with van der Waals surface area (Å²) in [5, 5.41) is 0. The van der Waals surface area contributed by atoms with Gasteiger partial charge >= 0.3 is 0 Å². The minimum absolute atomic E-state index is 0.567. The third kappa shape index (κ3) is 3.59. The topological polar surface area (TPSA) is 35.2 Å². The molecule has 18 heavy (non-hydrogen) atoms. The largest absolute Gasteiger partial charge is 0.398 e. The molecule has 0 spiro atoms. The van der Waals surface area contributed by atoms with Gasteiger partial charge in [-0.25, -0.2) is 0 Å². The lowest BCUT2D eigenvalue weighted by atomic mass is 10.1. The third-order valence-electron chi connectivity index (χ3n) is 2.79. The van der Waals surface area contributed by atoms with Gasteiger partial charge in [-0.15, -0.1) is 0 Å². The number of anilines is 1. The zero-order valence-corrected chi connectivity index (χ0v) is 11.7. The molecular formula is C15H16BrNO. The molecule has 94 valence electrons. The molecule has 0 saturated heterocycles. The van der Waals surface area contributed by atoms with Crippen LogP contribution in [0.25, 0.3) is 0 Å². The standard InChI is InChI=1S/C15H16BrNO/c16-14-7-3-1-5-12(14)9-10-18-11-13-6-2-4-8-15(13)17/h1-8H,9-11,17H2. The highest BCUT2D eigenvalue weighted by atomic mass is 79.9. The van der Waals surface area contributed by atoms with E-state index in [0.29, 0.717) is 13.2 Å². The normalized spacial score (nSPS) is 10.5. The lowest BCUT2D eigenvalue weighted by Crippen LogP contribution is -2.01. The van der Waals surface area contributed by atoms with Crippen LogP contribution in [0.2, 0.25) is 0 Å². The summed E-state index contributed by atoms with van der Waals surface area (Å²) in [7, 11) is 0. The Hall–Kier alpha value is -1.32. The molecular weight excluding hydrogens is 290 g/mol. The molecule has 0 fully saturated rings. The zero-order chi connectivity index (χ0) is 12.8. The van der Waals surface area contributed by atoms with Crippen molar-refractivity contribution in [3.8, 4) is 0 Å². The lowest BCUT2D eigenvalue weighted by molar-refractivity contribution is 0.124. The fraction of sp³-hybridized carbons (Fsp3) is 0.200. The molecule has 0 saturated carbocycles. The molecule has 0 atom stereocenters. The summed E-state index contributed by atoms with van der Waals surface area (Å²) in [6.45, 7) is 1.26. The van der Waals surface area contributed by atoms with E-state index < -0.39 is 0 Å². The van der Waals surface area contributed by atoms with Gasteiger partial charge in [0.25, 0.3) is 0 Å². The van der Waals surface area contributed by atoms with E-state index in [9.17, 15) is 0 Å². The number of para-hydroxylation sites is 1. The molecule has 2 N–H and O–H groups in total. The van der Waals surface area contributed by atoms with Gasteiger partial charge in [-0.3, -0.25) is 0 Å². The molecule has 0 aliphatic heterocycles. The SMILES string of the molecule is Nc1ccccc1COCCc1ccccc1Br. The molecule has 0 amide bonds. The smallest absolute Gasteiger partial charge is 0.0737 e. The van der Waals surface area contributed by atoms with Crippen LogP contribution in [-0.4, -0.2) is 6.61 Å². The van der Waals surface area contributed by atoms with Crippen LogP contribution in [-0.2, 0) is 17.8 Å². The number of ether oxygens (including phenoxy) is 1. The molecule has 0 unspecified atom stereocenters. The van der Waals surface area contributed by atoms with Crippen LogP contribution in [0.3, 0.4) is 0 Å². The predicted octanol–water partition coefficient (Wildman–Crippen LogP) is 3.79. The highest BCUT2D eigenvalue weighted by molar-refractivity contribution is 9.10. The summed E-state index contributed by atoms with van der Waals surface area (Å²) in [5.74, 6) is 0. The Morgan fingerprint density at radius 3 is 2.33 bits per heavy atom. The first-order valence-corrected chi connectivity index (χ1v) is 6.71. The summed E-state index contributed by atoms with van der Waals surface area (Å²) in [4.78, 5) is 0.